The molecule has 0 saturated heterocycles. The van der Waals surface area contributed by atoms with Crippen molar-refractivity contribution in [3.63, 3.8) is 0 Å². The Bertz CT molecular complexity index is 3220. The SMILES string of the molecule is CC/C=C\C/C=C\C/C=C\C/C=C\C/C=C\CCCC(=O)Nc1ccc(O)c(C(=O)OC(C)OC(=O)CCCCCCC)c1.CC/C=C\C/C=C\C/C=C\C/C=C\C/C=C\CCCC(=O)Nc1ccc(OC(=O)CCCCCCCCCCCCC)c(C(=O)OC(C)OC(=O)CCCCCCC)c1.CCCCCCCCCCCC(=O)O. The summed E-state index contributed by atoms with van der Waals surface area (Å²) in [6, 6.07) is 8.71. The van der Waals surface area contributed by atoms with Gasteiger partial charge < -0.3 is 44.5 Å². The quantitative estimate of drug-likeness (QED) is 0.0120. The van der Waals surface area contributed by atoms with E-state index in [1.54, 1.807) is 6.07 Å². The highest BCUT2D eigenvalue weighted by atomic mass is 16.7. The molecule has 0 heterocycles. The summed E-state index contributed by atoms with van der Waals surface area (Å²) in [4.78, 5) is 98.6. The minimum absolute atomic E-state index is 0.0312. The minimum Gasteiger partial charge on any atom is -0.507 e. The van der Waals surface area contributed by atoms with Gasteiger partial charge in [-0.05, 0) is 152 Å². The van der Waals surface area contributed by atoms with Crippen LogP contribution in [0, 0.1) is 0 Å². The van der Waals surface area contributed by atoms with Crippen LogP contribution in [0.3, 0.4) is 0 Å². The topological polar surface area (TPSA) is 247 Å². The molecule has 2 rings (SSSR count). The lowest BCUT2D eigenvalue weighted by Crippen LogP contribution is -2.22. The van der Waals surface area contributed by atoms with Crippen molar-refractivity contribution in [1.29, 1.82) is 0 Å². The molecule has 2 aromatic rings. The highest BCUT2D eigenvalue weighted by Gasteiger charge is 2.23. The van der Waals surface area contributed by atoms with Crippen LogP contribution < -0.4 is 15.4 Å². The number of aromatic hydroxyl groups is 1. The maximum atomic E-state index is 13.4. The summed E-state index contributed by atoms with van der Waals surface area (Å²) in [7, 11) is 0. The lowest BCUT2D eigenvalue weighted by atomic mass is 10.1. The number of esters is 5. The number of carboxylic acids is 1. The molecule has 2 aromatic carbocycles. The van der Waals surface area contributed by atoms with E-state index >= 15 is 0 Å². The zero-order valence-electron chi connectivity index (χ0n) is 73.7. The number of nitrogens with one attached hydrogen (secondary N) is 2. The van der Waals surface area contributed by atoms with E-state index < -0.39 is 48.4 Å². The molecule has 0 bridgehead atoms. The first-order valence-electron chi connectivity index (χ1n) is 45.2. The van der Waals surface area contributed by atoms with E-state index in [4.69, 9.17) is 28.8 Å². The number of phenolic OH excluding ortho intramolecular Hbond substituents is 1. The third kappa shape index (κ3) is 71.3. The molecule has 0 saturated carbocycles. The Morgan fingerprint density at radius 1 is 0.316 bits per heavy atom. The van der Waals surface area contributed by atoms with Crippen LogP contribution in [0.25, 0.3) is 0 Å². The number of hydrogen-bond donors (Lipinski definition) is 4. The van der Waals surface area contributed by atoms with Crippen LogP contribution in [0.15, 0.2) is 158 Å². The number of amides is 2. The van der Waals surface area contributed by atoms with Crippen LogP contribution in [0.4, 0.5) is 11.4 Å². The lowest BCUT2D eigenvalue weighted by molar-refractivity contribution is -0.167. The van der Waals surface area contributed by atoms with Gasteiger partial charge in [0.05, 0.1) is 0 Å². The van der Waals surface area contributed by atoms with Crippen LogP contribution in [-0.2, 0) is 47.7 Å². The largest absolute Gasteiger partial charge is 0.507 e. The van der Waals surface area contributed by atoms with Gasteiger partial charge in [-0.2, -0.15) is 0 Å². The van der Waals surface area contributed by atoms with Crippen molar-refractivity contribution in [2.45, 2.75) is 389 Å². The third-order valence-electron chi connectivity index (χ3n) is 18.7. The monoisotopic (exact) mass is 1630 g/mol. The maximum absolute atomic E-state index is 13.4. The Morgan fingerprint density at radius 3 is 0.932 bits per heavy atom. The molecule has 2 amide bonds. The molecule has 4 N–H and O–H groups in total. The van der Waals surface area contributed by atoms with Gasteiger partial charge in [0, 0.05) is 63.7 Å². The molecule has 0 fully saturated rings. The number of aliphatic carboxylic acids is 1. The van der Waals surface area contributed by atoms with Crippen LogP contribution in [0.1, 0.15) is 397 Å². The Hall–Kier alpha value is -8.60. The van der Waals surface area contributed by atoms with Crippen molar-refractivity contribution < 1.29 is 72.3 Å². The first kappa shape index (κ1) is 108. The van der Waals surface area contributed by atoms with Crippen LogP contribution in [0.2, 0.25) is 0 Å². The standard InChI is InChI=1S/C51H79NO7.C37H53NO6.C12H24O2/c1-5-8-11-14-16-18-20-21-22-23-24-25-27-28-30-33-35-38-48(53)52-45-41-42-47(59-50(55)40-37-34-31-29-26-19-17-15-12-9-6-2)46(43-45)51(56)58-44(4)57-49(54)39-36-32-13-10-7-3;1-4-6-8-10-11-12-13-14-15-16-17-18-19-20-21-23-24-26-35(40)38-32-28-29-34(39)33(30-32)37(42)44-31(3)43-36(41)27-25-22-9-7-5-2;1-2-3-4-5-6-7-8-9-10-11-12(13)14/h8,11,16,18,21-22,24-25,28,30,41-44H,5-7,9-10,12-15,17,19-20,23,26-27,29,31-40H2,1-4H3,(H,52,53);6,8,11-12,14-15,17-18,20-21,28-31,39H,4-5,7,9-10,13,16,19,22-27H2,1-3H3,(H,38,40);2-11H2,1H3,(H,13,14)/b11-8-,18-16-,22-21-,25-24-,30-28-;8-6-,12-11-,15-14-,18-17-,21-20-;. The molecule has 117 heavy (non-hydrogen) atoms. The summed E-state index contributed by atoms with van der Waals surface area (Å²) in [6.07, 6.45) is 89.0. The normalized spacial score (nSPS) is 12.2. The van der Waals surface area contributed by atoms with Gasteiger partial charge in [-0.25, -0.2) is 9.59 Å². The number of ether oxygens (including phenoxy) is 5. The fourth-order valence-corrected chi connectivity index (χ4v) is 12.0. The van der Waals surface area contributed by atoms with Crippen molar-refractivity contribution in [3.05, 3.63) is 169 Å². The molecular weight excluding hydrogens is 1470 g/mol. The molecule has 0 aliphatic rings. The van der Waals surface area contributed by atoms with Gasteiger partial charge in [0.25, 0.3) is 0 Å². The molecule has 0 spiro atoms. The van der Waals surface area contributed by atoms with Gasteiger partial charge in [0.15, 0.2) is 0 Å². The van der Waals surface area contributed by atoms with Gasteiger partial charge in [-0.3, -0.25) is 28.8 Å². The number of anilines is 2. The van der Waals surface area contributed by atoms with Gasteiger partial charge in [0.2, 0.25) is 24.4 Å². The molecule has 656 valence electrons. The number of phenols is 1. The van der Waals surface area contributed by atoms with E-state index in [1.807, 2.05) is 0 Å². The highest BCUT2D eigenvalue weighted by Crippen LogP contribution is 2.28. The highest BCUT2D eigenvalue weighted by molar-refractivity contribution is 5.98. The molecule has 2 unspecified atom stereocenters. The predicted molar refractivity (Wildman–Crippen MR) is 483 cm³/mol. The summed E-state index contributed by atoms with van der Waals surface area (Å²) >= 11 is 0. The van der Waals surface area contributed by atoms with Crippen molar-refractivity contribution in [2.24, 2.45) is 0 Å². The van der Waals surface area contributed by atoms with Crippen molar-refractivity contribution in [3.8, 4) is 11.5 Å². The summed E-state index contributed by atoms with van der Waals surface area (Å²) in [5, 5.41) is 24.2. The minimum atomic E-state index is -1.14. The van der Waals surface area contributed by atoms with Crippen molar-refractivity contribution >= 4 is 59.0 Å². The number of carbonyl (C=O) groups is 8. The number of benzene rings is 2. The Morgan fingerprint density at radius 2 is 0.598 bits per heavy atom. The number of carbonyl (C=O) groups excluding carboxylic acids is 7. The summed E-state index contributed by atoms with van der Waals surface area (Å²) in [5.41, 5.74) is 0.588. The van der Waals surface area contributed by atoms with Crippen LogP contribution in [-0.4, -0.2) is 70.4 Å². The van der Waals surface area contributed by atoms with Gasteiger partial charge in [-0.1, -0.05) is 330 Å². The number of hydrogen-bond acceptors (Lipinski definition) is 14. The second-order valence-corrected chi connectivity index (χ2v) is 29.7. The van der Waals surface area contributed by atoms with Crippen LogP contribution in [0.5, 0.6) is 11.5 Å². The Labute approximate surface area is 707 Å². The molecule has 17 heteroatoms. The Balaban J connectivity index is 0.00000203. The first-order valence-corrected chi connectivity index (χ1v) is 45.2. The van der Waals surface area contributed by atoms with E-state index in [2.05, 4.69) is 174 Å². The van der Waals surface area contributed by atoms with E-state index in [0.29, 0.717) is 56.3 Å². The van der Waals surface area contributed by atoms with Gasteiger partial charge in [0.1, 0.15) is 22.6 Å². The number of rotatable bonds is 69. The summed E-state index contributed by atoms with van der Waals surface area (Å²) in [6.45, 7) is 15.9. The Kier molecular flexibility index (Phi) is 75.2. The maximum Gasteiger partial charge on any atom is 0.345 e. The van der Waals surface area contributed by atoms with Gasteiger partial charge in [-0.15, -0.1) is 0 Å². The second kappa shape index (κ2) is 81.2. The molecule has 2 atom stereocenters. The van der Waals surface area contributed by atoms with Crippen LogP contribution >= 0.6 is 0 Å². The average Bonchev–Trinajstić information content (AvgIpc) is 0.850. The predicted octanol–water partition coefficient (Wildman–Crippen LogP) is 28.2. The second-order valence-electron chi connectivity index (χ2n) is 29.7. The molecule has 0 aliphatic heterocycles. The third-order valence-corrected chi connectivity index (χ3v) is 18.7. The summed E-state index contributed by atoms with van der Waals surface area (Å²) < 4.78 is 26.8. The lowest BCUT2D eigenvalue weighted by Gasteiger charge is -2.16. The van der Waals surface area contributed by atoms with Gasteiger partial charge >= 0.3 is 35.8 Å². The number of carboxylic acid groups (broad SMARTS) is 1. The van der Waals surface area contributed by atoms with E-state index in [-0.39, 0.29) is 53.7 Å². The molecule has 0 aliphatic carbocycles. The molecular formula is C100H156N2O15. The fraction of sp³-hybridized carbons (Fsp3) is 0.600. The van der Waals surface area contributed by atoms with Crippen molar-refractivity contribution in [2.75, 3.05) is 10.6 Å². The smallest absolute Gasteiger partial charge is 0.345 e. The molecule has 0 aromatic heterocycles. The molecule has 17 nitrogen and oxygen atoms in total. The van der Waals surface area contributed by atoms with Crippen molar-refractivity contribution in [1.82, 2.24) is 0 Å². The van der Waals surface area contributed by atoms with E-state index in [9.17, 15) is 43.5 Å². The summed E-state index contributed by atoms with van der Waals surface area (Å²) in [5.74, 6) is -4.28. The average molecular weight is 1630 g/mol. The fourth-order valence-electron chi connectivity index (χ4n) is 12.0. The zero-order chi connectivity index (χ0) is 85.9. The molecule has 0 radical (unpaired) electrons. The number of unbranched alkanes of at least 4 members (excludes halogenated alkanes) is 28. The zero-order valence-corrected chi connectivity index (χ0v) is 73.7. The first-order chi connectivity index (χ1) is 56.9. The van der Waals surface area contributed by atoms with E-state index in [1.165, 1.54) is 134 Å². The number of allylic oxidation sites excluding steroid dienone is 20. The van der Waals surface area contributed by atoms with E-state index in [0.717, 1.165) is 167 Å².